The van der Waals surface area contributed by atoms with Crippen LogP contribution in [-0.2, 0) is 4.79 Å². The van der Waals surface area contributed by atoms with Crippen LogP contribution in [0.25, 0.3) is 0 Å². The molecule has 0 aliphatic carbocycles. The summed E-state index contributed by atoms with van der Waals surface area (Å²) < 4.78 is 0. The van der Waals surface area contributed by atoms with E-state index in [9.17, 15) is 4.79 Å². The number of hydrogen-bond acceptors (Lipinski definition) is 4. The number of fused-ring (bicyclic) bond motifs is 1. The Morgan fingerprint density at radius 2 is 2.58 bits per heavy atom. The Morgan fingerprint density at radius 3 is 3.33 bits per heavy atom. The Balaban J connectivity index is 2.15. The van der Waals surface area contributed by atoms with E-state index in [-0.39, 0.29) is 6.04 Å². The Hall–Kier alpha value is -1.39. The van der Waals surface area contributed by atoms with Crippen LogP contribution in [0.3, 0.4) is 0 Å². The highest BCUT2D eigenvalue weighted by molar-refractivity contribution is 5.74. The molecule has 66 valence electrons. The smallest absolute Gasteiger partial charge is 0.326 e. The Bertz CT molecular complexity index is 239. The van der Waals surface area contributed by atoms with E-state index in [1.54, 1.807) is 0 Å². The molecular formula is C7H11N3O2. The van der Waals surface area contributed by atoms with Gasteiger partial charge in [0, 0.05) is 12.7 Å². The highest BCUT2D eigenvalue weighted by Gasteiger charge is 2.32. The number of rotatable bonds is 1. The van der Waals surface area contributed by atoms with Crippen LogP contribution in [-0.4, -0.2) is 35.2 Å². The van der Waals surface area contributed by atoms with Gasteiger partial charge in [-0.2, -0.15) is 0 Å². The summed E-state index contributed by atoms with van der Waals surface area (Å²) in [5.41, 5.74) is 0. The largest absolute Gasteiger partial charge is 0.480 e. The van der Waals surface area contributed by atoms with Gasteiger partial charge in [-0.05, 0) is 6.42 Å². The van der Waals surface area contributed by atoms with Gasteiger partial charge in [-0.25, -0.2) is 4.79 Å². The highest BCUT2D eigenvalue weighted by Crippen LogP contribution is 2.17. The molecule has 5 heteroatoms. The lowest BCUT2D eigenvalue weighted by atomic mass is 10.1. The van der Waals surface area contributed by atoms with E-state index < -0.39 is 5.97 Å². The van der Waals surface area contributed by atoms with E-state index >= 15 is 0 Å². The minimum atomic E-state index is -0.744. The van der Waals surface area contributed by atoms with Crippen LogP contribution in [0.1, 0.15) is 6.42 Å². The summed E-state index contributed by atoms with van der Waals surface area (Å²) in [4.78, 5) is 12.6. The molecule has 0 spiro atoms. The fraction of sp³-hybridized carbons (Fsp3) is 0.571. The number of aliphatic carboxylic acids is 1. The lowest BCUT2D eigenvalue weighted by Gasteiger charge is -2.33. The quantitative estimate of drug-likeness (QED) is 0.474. The number of carbonyl (C=O) groups is 1. The maximum Gasteiger partial charge on any atom is 0.326 e. The standard InChI is InChI=1S/C7H11N3O2/c11-7(12)5-1-2-9-6-3-8-4-10(5)6/h3,5,8-9H,1-2,4H2,(H,11,12). The van der Waals surface area contributed by atoms with Crippen LogP contribution >= 0.6 is 0 Å². The molecular weight excluding hydrogens is 158 g/mol. The topological polar surface area (TPSA) is 64.6 Å². The molecule has 0 aromatic rings. The van der Waals surface area contributed by atoms with E-state index in [1.807, 2.05) is 11.1 Å². The molecule has 2 rings (SSSR count). The molecule has 0 amide bonds. The normalized spacial score (nSPS) is 26.8. The van der Waals surface area contributed by atoms with Crippen molar-refractivity contribution in [1.29, 1.82) is 0 Å². The fourth-order valence-electron chi connectivity index (χ4n) is 1.59. The van der Waals surface area contributed by atoms with Gasteiger partial charge in [0.25, 0.3) is 0 Å². The maximum absolute atomic E-state index is 10.8. The van der Waals surface area contributed by atoms with E-state index in [0.717, 1.165) is 12.4 Å². The van der Waals surface area contributed by atoms with Gasteiger partial charge in [0.2, 0.25) is 0 Å². The van der Waals surface area contributed by atoms with Gasteiger partial charge < -0.3 is 20.6 Å². The van der Waals surface area contributed by atoms with Crippen molar-refractivity contribution in [2.45, 2.75) is 12.5 Å². The summed E-state index contributed by atoms with van der Waals surface area (Å²) >= 11 is 0. The summed E-state index contributed by atoms with van der Waals surface area (Å²) in [6.45, 7) is 1.33. The third-order valence-electron chi connectivity index (χ3n) is 2.20. The molecule has 1 saturated heterocycles. The Kier molecular flexibility index (Phi) is 1.56. The zero-order chi connectivity index (χ0) is 8.55. The van der Waals surface area contributed by atoms with Crippen LogP contribution in [0.2, 0.25) is 0 Å². The molecule has 12 heavy (non-hydrogen) atoms. The molecule has 0 saturated carbocycles. The van der Waals surface area contributed by atoms with Crippen LogP contribution in [0, 0.1) is 0 Å². The molecule has 1 atom stereocenters. The maximum atomic E-state index is 10.8. The number of carboxylic acid groups (broad SMARTS) is 1. The summed E-state index contributed by atoms with van der Waals surface area (Å²) in [6, 6.07) is -0.368. The summed E-state index contributed by atoms with van der Waals surface area (Å²) in [7, 11) is 0. The SMILES string of the molecule is O=C(O)C1CCNC2=CNCN21. The van der Waals surface area contributed by atoms with Crippen molar-refractivity contribution in [2.24, 2.45) is 0 Å². The predicted octanol–water partition coefficient (Wildman–Crippen LogP) is -0.905. The second kappa shape index (κ2) is 2.58. The molecule has 0 bridgehead atoms. The van der Waals surface area contributed by atoms with E-state index in [1.165, 1.54) is 0 Å². The number of nitrogens with one attached hydrogen (secondary N) is 2. The van der Waals surface area contributed by atoms with Crippen molar-refractivity contribution < 1.29 is 9.90 Å². The molecule has 2 aliphatic rings. The lowest BCUT2D eigenvalue weighted by molar-refractivity contribution is -0.143. The molecule has 5 nitrogen and oxygen atoms in total. The van der Waals surface area contributed by atoms with Crippen LogP contribution in [0.4, 0.5) is 0 Å². The van der Waals surface area contributed by atoms with Gasteiger partial charge in [0.1, 0.15) is 11.9 Å². The van der Waals surface area contributed by atoms with Gasteiger partial charge >= 0.3 is 5.97 Å². The summed E-state index contributed by atoms with van der Waals surface area (Å²) in [6.07, 6.45) is 2.48. The fourth-order valence-corrected chi connectivity index (χ4v) is 1.59. The predicted molar refractivity (Wildman–Crippen MR) is 42.0 cm³/mol. The zero-order valence-corrected chi connectivity index (χ0v) is 6.58. The minimum Gasteiger partial charge on any atom is -0.480 e. The number of nitrogens with zero attached hydrogens (tertiary/aromatic N) is 1. The van der Waals surface area contributed by atoms with Crippen molar-refractivity contribution in [3.63, 3.8) is 0 Å². The molecule has 0 radical (unpaired) electrons. The molecule has 1 unspecified atom stereocenters. The van der Waals surface area contributed by atoms with Gasteiger partial charge in [0.05, 0.1) is 6.67 Å². The molecule has 1 fully saturated rings. The second-order valence-corrected chi connectivity index (χ2v) is 2.93. The summed E-state index contributed by atoms with van der Waals surface area (Å²) in [5, 5.41) is 15.0. The van der Waals surface area contributed by atoms with E-state index in [0.29, 0.717) is 13.1 Å². The monoisotopic (exact) mass is 169 g/mol. The van der Waals surface area contributed by atoms with Gasteiger partial charge in [-0.3, -0.25) is 0 Å². The molecule has 0 aromatic carbocycles. The first kappa shape index (κ1) is 7.27. The Morgan fingerprint density at radius 1 is 1.75 bits per heavy atom. The van der Waals surface area contributed by atoms with Gasteiger partial charge in [-0.15, -0.1) is 0 Å². The van der Waals surface area contributed by atoms with Crippen molar-refractivity contribution in [3.8, 4) is 0 Å². The van der Waals surface area contributed by atoms with Crippen molar-refractivity contribution in [2.75, 3.05) is 13.2 Å². The van der Waals surface area contributed by atoms with Gasteiger partial charge in [-0.1, -0.05) is 0 Å². The number of hydrogen-bond donors (Lipinski definition) is 3. The number of carboxylic acids is 1. The van der Waals surface area contributed by atoms with Crippen molar-refractivity contribution in [3.05, 3.63) is 12.0 Å². The first-order valence-corrected chi connectivity index (χ1v) is 3.96. The van der Waals surface area contributed by atoms with E-state index in [2.05, 4.69) is 10.6 Å². The van der Waals surface area contributed by atoms with Crippen LogP contribution < -0.4 is 10.6 Å². The third-order valence-corrected chi connectivity index (χ3v) is 2.20. The Labute approximate surface area is 70.0 Å². The highest BCUT2D eigenvalue weighted by atomic mass is 16.4. The van der Waals surface area contributed by atoms with Crippen molar-refractivity contribution >= 4 is 5.97 Å². The molecule has 2 heterocycles. The van der Waals surface area contributed by atoms with Crippen molar-refractivity contribution in [1.82, 2.24) is 15.5 Å². The summed E-state index contributed by atoms with van der Waals surface area (Å²) in [5.74, 6) is 0.153. The van der Waals surface area contributed by atoms with Crippen LogP contribution in [0.5, 0.6) is 0 Å². The first-order valence-electron chi connectivity index (χ1n) is 3.96. The average Bonchev–Trinajstić information content (AvgIpc) is 2.49. The third kappa shape index (κ3) is 0.975. The molecule has 2 aliphatic heterocycles. The van der Waals surface area contributed by atoms with Crippen LogP contribution in [0.15, 0.2) is 12.0 Å². The second-order valence-electron chi connectivity index (χ2n) is 2.93. The minimum absolute atomic E-state index is 0.368. The van der Waals surface area contributed by atoms with Gasteiger partial charge in [0.15, 0.2) is 0 Å². The van der Waals surface area contributed by atoms with E-state index in [4.69, 9.17) is 5.11 Å². The molecule has 0 aromatic heterocycles. The zero-order valence-electron chi connectivity index (χ0n) is 6.58. The first-order chi connectivity index (χ1) is 5.79. The average molecular weight is 169 g/mol. The molecule has 3 N–H and O–H groups in total. The lowest BCUT2D eigenvalue weighted by Crippen LogP contribution is -2.49.